The fourth-order valence-electron chi connectivity index (χ4n) is 8.09. The molecule has 4 aliphatic rings. The predicted molar refractivity (Wildman–Crippen MR) is 217 cm³/mol. The summed E-state index contributed by atoms with van der Waals surface area (Å²) < 4.78 is 64.8. The minimum atomic E-state index is -4.25. The summed E-state index contributed by atoms with van der Waals surface area (Å²) in [5.41, 5.74) is 1.91. The van der Waals surface area contributed by atoms with Crippen molar-refractivity contribution >= 4 is 56.0 Å². The number of imide groups is 1. The van der Waals surface area contributed by atoms with Crippen LogP contribution in [0.1, 0.15) is 40.7 Å². The highest BCUT2D eigenvalue weighted by Gasteiger charge is 2.39. The first-order valence-electron chi connectivity index (χ1n) is 19.4. The van der Waals surface area contributed by atoms with Gasteiger partial charge in [-0.2, -0.15) is 18.0 Å². The molecular weight excluding hydrogens is 815 g/mol. The lowest BCUT2D eigenvalue weighted by Crippen LogP contribution is -2.52. The fourth-order valence-corrected chi connectivity index (χ4v) is 9.37. The fraction of sp³-hybridized carbons (Fsp3) is 0.293. The van der Waals surface area contributed by atoms with Crippen LogP contribution in [0.15, 0.2) is 78.0 Å². The molecule has 3 aromatic carbocycles. The van der Waals surface area contributed by atoms with Crippen molar-refractivity contribution in [2.24, 2.45) is 0 Å². The van der Waals surface area contributed by atoms with Crippen LogP contribution in [-0.2, 0) is 26.3 Å². The van der Waals surface area contributed by atoms with E-state index in [1.54, 1.807) is 30.5 Å². The lowest BCUT2D eigenvalue weighted by atomic mass is 10.0. The molecule has 0 aliphatic carbocycles. The average Bonchev–Trinajstić information content (AvgIpc) is 3.85. The molecule has 20 heteroatoms. The van der Waals surface area contributed by atoms with Crippen LogP contribution in [0.4, 0.5) is 26.0 Å². The van der Waals surface area contributed by atoms with Crippen LogP contribution in [0.25, 0.3) is 16.6 Å². The van der Waals surface area contributed by atoms with Gasteiger partial charge in [0.25, 0.3) is 11.5 Å². The summed E-state index contributed by atoms with van der Waals surface area (Å²) in [5, 5.41) is 12.4. The first-order chi connectivity index (χ1) is 29.4. The van der Waals surface area contributed by atoms with E-state index < -0.39 is 51.0 Å². The van der Waals surface area contributed by atoms with Gasteiger partial charge in [0.15, 0.2) is 11.6 Å². The van der Waals surface area contributed by atoms with Crippen LogP contribution in [0.5, 0.6) is 11.5 Å². The molecule has 3 fully saturated rings. The molecule has 1 unspecified atom stereocenters. The first-order valence-corrected chi connectivity index (χ1v) is 20.9. The molecule has 0 bridgehead atoms. The van der Waals surface area contributed by atoms with E-state index in [0.717, 1.165) is 27.7 Å². The van der Waals surface area contributed by atoms with E-state index >= 15 is 4.39 Å². The number of hydrogen-bond donors (Lipinski definition) is 2. The molecule has 312 valence electrons. The van der Waals surface area contributed by atoms with Crippen LogP contribution in [0.3, 0.4) is 0 Å². The van der Waals surface area contributed by atoms with Gasteiger partial charge in [-0.3, -0.25) is 33.8 Å². The lowest BCUT2D eigenvalue weighted by Gasteiger charge is -2.37. The largest absolute Gasteiger partial charge is 0.453 e. The number of carbonyl (C=O) groups is 3. The van der Waals surface area contributed by atoms with Gasteiger partial charge in [-0.15, -0.1) is 0 Å². The molecule has 2 atom stereocenters. The van der Waals surface area contributed by atoms with Gasteiger partial charge in [-0.1, -0.05) is 0 Å². The van der Waals surface area contributed by atoms with Gasteiger partial charge in [0, 0.05) is 63.5 Å². The number of fused-ring (bicyclic) bond motifs is 2. The normalized spacial score (nSPS) is 19.6. The van der Waals surface area contributed by atoms with Gasteiger partial charge in [0.2, 0.25) is 11.8 Å². The predicted octanol–water partition coefficient (Wildman–Crippen LogP) is 3.37. The van der Waals surface area contributed by atoms with E-state index in [1.165, 1.54) is 34.0 Å². The van der Waals surface area contributed by atoms with E-state index in [1.807, 2.05) is 12.1 Å². The zero-order valence-corrected chi connectivity index (χ0v) is 33.1. The monoisotopic (exact) mass is 850 g/mol. The van der Waals surface area contributed by atoms with Gasteiger partial charge in [-0.05, 0) is 79.1 Å². The maximum atomic E-state index is 15.1. The minimum Gasteiger partial charge on any atom is -0.453 e. The number of nitrogens with zero attached hydrogens (tertiary/aromatic N) is 8. The van der Waals surface area contributed by atoms with Crippen molar-refractivity contribution in [2.45, 2.75) is 38.0 Å². The second-order valence-corrected chi connectivity index (χ2v) is 16.7. The summed E-state index contributed by atoms with van der Waals surface area (Å²) in [4.78, 5) is 65.9. The second kappa shape index (κ2) is 15.6. The Morgan fingerprint density at radius 1 is 0.902 bits per heavy atom. The number of pyridine rings is 1. The number of piperidine rings is 1. The minimum absolute atomic E-state index is 0.0189. The van der Waals surface area contributed by atoms with Crippen LogP contribution < -0.4 is 30.1 Å². The third-order valence-electron chi connectivity index (χ3n) is 11.3. The number of nitriles is 1. The first kappa shape index (κ1) is 39.5. The van der Waals surface area contributed by atoms with Crippen LogP contribution in [-0.4, -0.2) is 101 Å². The Bertz CT molecular complexity index is 2850. The molecular formula is C41H36F2N10O7S. The Morgan fingerprint density at radius 2 is 1.69 bits per heavy atom. The Kier molecular flexibility index (Phi) is 10.1. The summed E-state index contributed by atoms with van der Waals surface area (Å²) in [6, 6.07) is 16.6. The van der Waals surface area contributed by atoms with E-state index in [0.29, 0.717) is 61.7 Å². The number of ether oxygens (including phenoxy) is 1. The van der Waals surface area contributed by atoms with Crippen molar-refractivity contribution < 1.29 is 36.3 Å². The average molecular weight is 851 g/mol. The summed E-state index contributed by atoms with van der Waals surface area (Å²) >= 11 is 0. The zero-order valence-electron chi connectivity index (χ0n) is 32.3. The Labute approximate surface area is 346 Å². The van der Waals surface area contributed by atoms with Gasteiger partial charge in [0.1, 0.15) is 41.7 Å². The molecule has 6 heterocycles. The molecule has 3 amide bonds. The van der Waals surface area contributed by atoms with E-state index in [4.69, 9.17) is 4.74 Å². The third kappa shape index (κ3) is 7.46. The topological polar surface area (TPSA) is 203 Å². The van der Waals surface area contributed by atoms with E-state index in [2.05, 4.69) is 29.8 Å². The molecule has 0 spiro atoms. The maximum absolute atomic E-state index is 15.1. The van der Waals surface area contributed by atoms with E-state index in [-0.39, 0.29) is 54.6 Å². The van der Waals surface area contributed by atoms with Crippen molar-refractivity contribution in [1.82, 2.24) is 29.1 Å². The molecule has 0 radical (unpaired) electrons. The molecule has 5 aromatic rings. The number of anilines is 3. The molecule has 4 aliphatic heterocycles. The molecule has 61 heavy (non-hydrogen) atoms. The molecule has 0 saturated carbocycles. The molecule has 3 saturated heterocycles. The number of carbonyl (C=O) groups excluding carboxylic acids is 3. The quantitative estimate of drug-likeness (QED) is 0.205. The van der Waals surface area contributed by atoms with Gasteiger partial charge in [0.05, 0.1) is 28.5 Å². The third-order valence-corrected chi connectivity index (χ3v) is 12.8. The number of alkyl halides is 1. The highest BCUT2D eigenvalue weighted by Crippen LogP contribution is 2.35. The molecule has 17 nitrogen and oxygen atoms in total. The van der Waals surface area contributed by atoms with Gasteiger partial charge >= 0.3 is 10.2 Å². The van der Waals surface area contributed by atoms with Crippen molar-refractivity contribution in [3.8, 4) is 23.3 Å². The van der Waals surface area contributed by atoms with Crippen molar-refractivity contribution in [3.05, 3.63) is 106 Å². The summed E-state index contributed by atoms with van der Waals surface area (Å²) in [6.07, 6.45) is 2.13. The number of nitrogens with one attached hydrogen (secondary N) is 2. The smallest absolute Gasteiger partial charge is 0.301 e. The summed E-state index contributed by atoms with van der Waals surface area (Å²) in [7, 11) is -4.25. The van der Waals surface area contributed by atoms with Crippen molar-refractivity contribution in [1.29, 1.82) is 5.26 Å². The highest BCUT2D eigenvalue weighted by molar-refractivity contribution is 7.90. The van der Waals surface area contributed by atoms with Crippen LogP contribution in [0, 0.1) is 17.1 Å². The van der Waals surface area contributed by atoms with Gasteiger partial charge in [-0.25, -0.2) is 18.7 Å². The van der Waals surface area contributed by atoms with Crippen LogP contribution >= 0.6 is 0 Å². The Morgan fingerprint density at radius 3 is 2.41 bits per heavy atom. The number of aromatic nitrogens is 3. The van der Waals surface area contributed by atoms with Gasteiger partial charge < -0.3 is 19.4 Å². The van der Waals surface area contributed by atoms with E-state index in [9.17, 15) is 37.2 Å². The number of amides is 3. The second-order valence-electron chi connectivity index (χ2n) is 15.1. The van der Waals surface area contributed by atoms with Crippen molar-refractivity contribution in [3.63, 3.8) is 0 Å². The Hall–Kier alpha value is -6.98. The van der Waals surface area contributed by atoms with Crippen molar-refractivity contribution in [2.75, 3.05) is 53.8 Å². The Balaban J connectivity index is 0.871. The maximum Gasteiger partial charge on any atom is 0.301 e. The number of rotatable bonds is 9. The molecule has 2 N–H and O–H groups in total. The number of benzene rings is 3. The molecule has 9 rings (SSSR count). The molecule has 2 aromatic heterocycles. The lowest BCUT2D eigenvalue weighted by molar-refractivity contribution is -0.136. The summed E-state index contributed by atoms with van der Waals surface area (Å²) in [5.74, 6) is -1.84. The zero-order chi connectivity index (χ0) is 42.6. The number of piperazine rings is 1. The number of halogens is 2. The SMILES string of the molecule is N#Cc1c(NS(=O)(=O)N2CC[C@@H](F)C2)ccc(F)c1Oc1ccc2ncn(-c3ccc(N4CCN(c5ccc6c(c5)CN(C5CCC(=O)NC5=O)C6=O)CC4)nc3)c(=O)c2c1. The highest BCUT2D eigenvalue weighted by atomic mass is 32.2. The standard InChI is InChI=1S/C41H36F2N10O7S/c42-25-11-12-51(22-25)61(58,59)48-34-7-5-32(43)38(31(34)19-44)60-28-3-6-33-30(18-28)41(57)53(23-46-33)27-2-9-36(45-20-27)50-15-13-49(14-16-50)26-1-4-29-24(17-26)21-52(40(29)56)35-8-10-37(54)47-39(35)55/h1-7,9,17-18,20,23,25,35,48H,8,10-16,21-22H2,(H,47,54,55)/t25-,35?/m1/s1. The number of hydrogen-bond acceptors (Lipinski definition) is 12. The summed E-state index contributed by atoms with van der Waals surface area (Å²) in [6.45, 7) is 2.53. The van der Waals surface area contributed by atoms with Crippen LogP contribution in [0.2, 0.25) is 0 Å².